The van der Waals surface area contributed by atoms with Gasteiger partial charge in [0.25, 0.3) is 11.4 Å². The van der Waals surface area contributed by atoms with Gasteiger partial charge in [0, 0.05) is 11.8 Å². The molecule has 1 amide bonds. The lowest BCUT2D eigenvalue weighted by atomic mass is 9.90. The van der Waals surface area contributed by atoms with Crippen molar-refractivity contribution >= 4 is 11.7 Å². The number of anilines is 1. The molecule has 0 radical (unpaired) electrons. The SMILES string of the molecule is CC1=C(C#N)[C@](Nc2cc(C)on2)(C(F)(F)F)C(=O)N1. The van der Waals surface area contributed by atoms with Crippen LogP contribution in [0.15, 0.2) is 21.9 Å². The summed E-state index contributed by atoms with van der Waals surface area (Å²) in [4.78, 5) is 11.8. The lowest BCUT2D eigenvalue weighted by Gasteiger charge is -2.30. The summed E-state index contributed by atoms with van der Waals surface area (Å²) in [5, 5.41) is 16.3. The normalized spacial score (nSPS) is 22.7. The minimum Gasteiger partial charge on any atom is -0.360 e. The highest BCUT2D eigenvalue weighted by atomic mass is 19.4. The Morgan fingerprint density at radius 3 is 2.60 bits per heavy atom. The van der Waals surface area contributed by atoms with Gasteiger partial charge in [-0.25, -0.2) is 0 Å². The molecule has 1 aromatic heterocycles. The van der Waals surface area contributed by atoms with Gasteiger partial charge >= 0.3 is 6.18 Å². The number of hydrogen-bond acceptors (Lipinski definition) is 5. The van der Waals surface area contributed by atoms with Crippen LogP contribution >= 0.6 is 0 Å². The molecule has 0 aliphatic carbocycles. The first kappa shape index (κ1) is 13.9. The Morgan fingerprint density at radius 1 is 1.50 bits per heavy atom. The molecule has 1 atom stereocenters. The Kier molecular flexibility index (Phi) is 2.97. The van der Waals surface area contributed by atoms with Gasteiger partial charge in [-0.1, -0.05) is 5.16 Å². The van der Waals surface area contributed by atoms with Crippen LogP contribution in [-0.2, 0) is 4.79 Å². The lowest BCUT2D eigenvalue weighted by molar-refractivity contribution is -0.174. The molecule has 106 valence electrons. The minimum absolute atomic E-state index is 0.150. The molecular formula is C11H9F3N4O2. The van der Waals surface area contributed by atoms with Crippen LogP contribution in [0.5, 0.6) is 0 Å². The molecule has 0 aromatic carbocycles. The summed E-state index contributed by atoms with van der Waals surface area (Å²) in [6.45, 7) is 2.71. The van der Waals surface area contributed by atoms with E-state index < -0.39 is 23.2 Å². The van der Waals surface area contributed by atoms with E-state index in [0.717, 1.165) is 0 Å². The number of aryl methyl sites for hydroxylation is 1. The van der Waals surface area contributed by atoms with Gasteiger partial charge < -0.3 is 15.2 Å². The van der Waals surface area contributed by atoms with E-state index in [4.69, 9.17) is 5.26 Å². The van der Waals surface area contributed by atoms with Crippen LogP contribution in [0.25, 0.3) is 0 Å². The average Bonchev–Trinajstić information content (AvgIpc) is 2.82. The number of nitrogens with zero attached hydrogens (tertiary/aromatic N) is 2. The van der Waals surface area contributed by atoms with Crippen molar-refractivity contribution in [2.24, 2.45) is 0 Å². The number of hydrogen-bond donors (Lipinski definition) is 2. The smallest absolute Gasteiger partial charge is 0.360 e. The van der Waals surface area contributed by atoms with Crippen molar-refractivity contribution in [2.45, 2.75) is 25.6 Å². The summed E-state index contributed by atoms with van der Waals surface area (Å²) >= 11 is 0. The molecule has 0 bridgehead atoms. The third kappa shape index (κ3) is 1.80. The second-order valence-corrected chi connectivity index (χ2v) is 4.26. The second kappa shape index (κ2) is 4.26. The standard InChI is InChI=1S/C11H9F3N4O2/c1-5-3-8(18-20-5)17-10(11(12,13)14)7(4-15)6(2)16-9(10)19/h3H,1-2H3,(H,16,19)(H,17,18)/t10-/m1/s1. The summed E-state index contributed by atoms with van der Waals surface area (Å²) in [5.41, 5.74) is -4.05. The minimum atomic E-state index is -5.02. The number of rotatable bonds is 2. The number of allylic oxidation sites excluding steroid dienone is 1. The number of amides is 1. The summed E-state index contributed by atoms with van der Waals surface area (Å²) in [6, 6.07) is 2.62. The van der Waals surface area contributed by atoms with Crippen molar-refractivity contribution in [3.8, 4) is 6.07 Å². The third-order valence-corrected chi connectivity index (χ3v) is 2.87. The molecule has 1 aliphatic rings. The first-order valence-electron chi connectivity index (χ1n) is 5.43. The number of nitrogens with one attached hydrogen (secondary N) is 2. The Morgan fingerprint density at radius 2 is 2.15 bits per heavy atom. The van der Waals surface area contributed by atoms with Gasteiger partial charge in [-0.3, -0.25) is 4.79 Å². The van der Waals surface area contributed by atoms with Crippen LogP contribution in [0, 0.1) is 18.3 Å². The van der Waals surface area contributed by atoms with Gasteiger partial charge in [-0.2, -0.15) is 18.4 Å². The first-order chi connectivity index (χ1) is 9.22. The zero-order valence-corrected chi connectivity index (χ0v) is 10.4. The number of carbonyl (C=O) groups excluding carboxylic acids is 1. The number of nitriles is 1. The molecule has 6 nitrogen and oxygen atoms in total. The zero-order valence-electron chi connectivity index (χ0n) is 10.4. The van der Waals surface area contributed by atoms with E-state index >= 15 is 0 Å². The fourth-order valence-corrected chi connectivity index (χ4v) is 1.97. The summed E-state index contributed by atoms with van der Waals surface area (Å²) in [6.07, 6.45) is -5.02. The van der Waals surface area contributed by atoms with E-state index in [2.05, 4.69) is 9.68 Å². The van der Waals surface area contributed by atoms with Crippen LogP contribution in [-0.4, -0.2) is 22.8 Å². The maximum atomic E-state index is 13.4. The topological polar surface area (TPSA) is 91.0 Å². The maximum absolute atomic E-state index is 13.4. The van der Waals surface area contributed by atoms with E-state index in [0.29, 0.717) is 0 Å². The number of aromatic nitrogens is 1. The van der Waals surface area contributed by atoms with E-state index in [1.165, 1.54) is 26.0 Å². The Labute approximate surface area is 111 Å². The molecule has 0 saturated heterocycles. The second-order valence-electron chi connectivity index (χ2n) is 4.26. The number of alkyl halides is 3. The highest BCUT2D eigenvalue weighted by molar-refractivity contribution is 6.00. The van der Waals surface area contributed by atoms with Crippen LogP contribution < -0.4 is 10.6 Å². The van der Waals surface area contributed by atoms with E-state index in [-0.39, 0.29) is 17.3 Å². The Bertz CT molecular complexity index is 641. The zero-order chi connectivity index (χ0) is 15.1. The molecule has 2 rings (SSSR count). The van der Waals surface area contributed by atoms with Crippen molar-refractivity contribution in [3.63, 3.8) is 0 Å². The molecule has 0 fully saturated rings. The predicted molar refractivity (Wildman–Crippen MR) is 60.1 cm³/mol. The lowest BCUT2D eigenvalue weighted by Crippen LogP contribution is -2.59. The molecule has 0 saturated carbocycles. The third-order valence-electron chi connectivity index (χ3n) is 2.87. The van der Waals surface area contributed by atoms with E-state index in [1.54, 1.807) is 0 Å². The molecular weight excluding hydrogens is 277 g/mol. The molecule has 9 heteroatoms. The molecule has 2 N–H and O–H groups in total. The molecule has 20 heavy (non-hydrogen) atoms. The summed E-state index contributed by atoms with van der Waals surface area (Å²) in [5.74, 6) is -1.39. The Hall–Kier alpha value is -2.50. The van der Waals surface area contributed by atoms with Crippen molar-refractivity contribution in [1.82, 2.24) is 10.5 Å². The number of halogens is 3. The monoisotopic (exact) mass is 286 g/mol. The van der Waals surface area contributed by atoms with Crippen molar-refractivity contribution in [3.05, 3.63) is 23.1 Å². The van der Waals surface area contributed by atoms with Gasteiger partial charge in [0.05, 0.1) is 11.6 Å². The Balaban J connectivity index is 2.58. The summed E-state index contributed by atoms with van der Waals surface area (Å²) < 4.78 is 44.9. The quantitative estimate of drug-likeness (QED) is 0.862. The average molecular weight is 286 g/mol. The van der Waals surface area contributed by atoms with Gasteiger partial charge in [0.2, 0.25) is 0 Å². The first-order valence-corrected chi connectivity index (χ1v) is 5.43. The van der Waals surface area contributed by atoms with Gasteiger partial charge in [0.1, 0.15) is 5.76 Å². The molecule has 0 unspecified atom stereocenters. The van der Waals surface area contributed by atoms with Crippen molar-refractivity contribution in [1.29, 1.82) is 5.26 Å². The van der Waals surface area contributed by atoms with Gasteiger partial charge in [-0.05, 0) is 13.8 Å². The fourth-order valence-electron chi connectivity index (χ4n) is 1.97. The van der Waals surface area contributed by atoms with E-state index in [9.17, 15) is 18.0 Å². The van der Waals surface area contributed by atoms with E-state index in [1.807, 2.05) is 10.6 Å². The maximum Gasteiger partial charge on any atom is 0.425 e. The molecule has 0 spiro atoms. The molecule has 1 aliphatic heterocycles. The number of carbonyl (C=O) groups is 1. The predicted octanol–water partition coefficient (Wildman–Crippen LogP) is 1.62. The van der Waals surface area contributed by atoms with Crippen molar-refractivity contribution in [2.75, 3.05) is 5.32 Å². The van der Waals surface area contributed by atoms with Crippen LogP contribution in [0.2, 0.25) is 0 Å². The van der Waals surface area contributed by atoms with Gasteiger partial charge in [0.15, 0.2) is 5.82 Å². The van der Waals surface area contributed by atoms with Crippen molar-refractivity contribution < 1.29 is 22.5 Å². The van der Waals surface area contributed by atoms with Crippen LogP contribution in [0.1, 0.15) is 12.7 Å². The largest absolute Gasteiger partial charge is 0.425 e. The van der Waals surface area contributed by atoms with Gasteiger partial charge in [-0.15, -0.1) is 0 Å². The molecule has 1 aromatic rings. The molecule has 2 heterocycles. The highest BCUT2D eigenvalue weighted by Crippen LogP contribution is 2.42. The highest BCUT2D eigenvalue weighted by Gasteiger charge is 2.67. The van der Waals surface area contributed by atoms with Crippen LogP contribution in [0.3, 0.4) is 0 Å². The summed E-state index contributed by atoms with van der Waals surface area (Å²) in [7, 11) is 0. The fraction of sp³-hybridized carbons (Fsp3) is 0.364. The van der Waals surface area contributed by atoms with Crippen LogP contribution in [0.4, 0.5) is 19.0 Å².